The van der Waals surface area contributed by atoms with Crippen molar-refractivity contribution in [3.63, 3.8) is 0 Å². The second-order valence-corrected chi connectivity index (χ2v) is 3.67. The Morgan fingerprint density at radius 2 is 1.94 bits per heavy atom. The van der Waals surface area contributed by atoms with Crippen molar-refractivity contribution in [1.29, 1.82) is 5.26 Å². The summed E-state index contributed by atoms with van der Waals surface area (Å²) in [5, 5.41) is 9.13. The number of benzene rings is 1. The molecular weight excluding hydrogens is 229 g/mol. The molecule has 0 atom stereocenters. The first-order valence-corrected chi connectivity index (χ1v) is 4.80. The molecule has 5 heteroatoms. The van der Waals surface area contributed by atoms with E-state index in [-0.39, 0.29) is 5.69 Å². The van der Waals surface area contributed by atoms with E-state index in [0.717, 1.165) is 12.1 Å². The maximum absolute atomic E-state index is 12.5. The number of rotatable bonds is 0. The van der Waals surface area contributed by atoms with Crippen LogP contribution in [-0.2, 0) is 6.18 Å². The number of halogens is 3. The highest BCUT2D eigenvalue weighted by Gasteiger charge is 2.30. The minimum atomic E-state index is -4.37. The highest BCUT2D eigenvalue weighted by atomic mass is 19.4. The lowest BCUT2D eigenvalue weighted by Crippen LogP contribution is -2.04. The largest absolute Gasteiger partial charge is 0.416 e. The lowest BCUT2D eigenvalue weighted by atomic mass is 10.1. The first kappa shape index (κ1) is 11.4. The van der Waals surface area contributed by atoms with E-state index in [1.165, 1.54) is 12.1 Å². The second kappa shape index (κ2) is 3.74. The lowest BCUT2D eigenvalue weighted by Gasteiger charge is -2.08. The van der Waals surface area contributed by atoms with Gasteiger partial charge in [0, 0.05) is 5.39 Å². The van der Waals surface area contributed by atoms with Crippen molar-refractivity contribution in [2.45, 2.75) is 13.1 Å². The van der Waals surface area contributed by atoms with Gasteiger partial charge in [-0.2, -0.15) is 18.4 Å². The number of fused-ring (bicyclic) bond motifs is 1. The Labute approximate surface area is 95.3 Å². The Balaban J connectivity index is 2.72. The Morgan fingerprint density at radius 1 is 1.24 bits per heavy atom. The molecule has 17 heavy (non-hydrogen) atoms. The Morgan fingerprint density at radius 3 is 2.53 bits per heavy atom. The van der Waals surface area contributed by atoms with Gasteiger partial charge in [0.1, 0.15) is 11.8 Å². The minimum Gasteiger partial charge on any atom is -0.237 e. The molecule has 1 aromatic carbocycles. The van der Waals surface area contributed by atoms with Gasteiger partial charge in [-0.15, -0.1) is 0 Å². The van der Waals surface area contributed by atoms with Crippen LogP contribution in [0.5, 0.6) is 0 Å². The van der Waals surface area contributed by atoms with Crippen molar-refractivity contribution >= 4 is 10.9 Å². The summed E-state index contributed by atoms with van der Waals surface area (Å²) in [5.41, 5.74) is 0.501. The summed E-state index contributed by atoms with van der Waals surface area (Å²) in [4.78, 5) is 3.95. The van der Waals surface area contributed by atoms with E-state index < -0.39 is 11.7 Å². The lowest BCUT2D eigenvalue weighted by molar-refractivity contribution is -0.137. The highest BCUT2D eigenvalue weighted by molar-refractivity contribution is 5.83. The van der Waals surface area contributed by atoms with Crippen LogP contribution in [0.4, 0.5) is 13.2 Å². The number of hydrogen-bond acceptors (Lipinski definition) is 2. The molecule has 0 spiro atoms. The summed E-state index contributed by atoms with van der Waals surface area (Å²) in [5.74, 6) is 0. The third kappa shape index (κ3) is 2.07. The zero-order valence-corrected chi connectivity index (χ0v) is 8.84. The van der Waals surface area contributed by atoms with Crippen LogP contribution >= 0.6 is 0 Å². The van der Waals surface area contributed by atoms with E-state index in [9.17, 15) is 13.2 Å². The molecule has 0 aliphatic carbocycles. The van der Waals surface area contributed by atoms with Crippen LogP contribution in [0.15, 0.2) is 24.3 Å². The smallest absolute Gasteiger partial charge is 0.237 e. The fourth-order valence-corrected chi connectivity index (χ4v) is 1.63. The summed E-state index contributed by atoms with van der Waals surface area (Å²) in [6.07, 6.45) is -4.37. The molecule has 1 aromatic heterocycles. The zero-order chi connectivity index (χ0) is 12.6. The highest BCUT2D eigenvalue weighted by Crippen LogP contribution is 2.31. The Bertz CT molecular complexity index is 624. The fourth-order valence-electron chi connectivity index (χ4n) is 1.63. The molecule has 86 valence electrons. The average molecular weight is 236 g/mol. The molecule has 0 amide bonds. The molecule has 0 aliphatic heterocycles. The van der Waals surface area contributed by atoms with Crippen molar-refractivity contribution < 1.29 is 13.2 Å². The topological polar surface area (TPSA) is 36.7 Å². The van der Waals surface area contributed by atoms with Gasteiger partial charge in [-0.25, -0.2) is 4.98 Å². The monoisotopic (exact) mass is 236 g/mol. The first-order valence-electron chi connectivity index (χ1n) is 4.80. The van der Waals surface area contributed by atoms with E-state index in [4.69, 9.17) is 5.26 Å². The third-order valence-electron chi connectivity index (χ3n) is 2.46. The van der Waals surface area contributed by atoms with E-state index in [2.05, 4.69) is 4.98 Å². The molecule has 0 saturated carbocycles. The maximum Gasteiger partial charge on any atom is 0.416 e. The molecule has 0 aliphatic rings. The quantitative estimate of drug-likeness (QED) is 0.702. The molecule has 2 rings (SSSR count). The standard InChI is InChI=1S/C12H7F3N2/c1-7-4-9(6-16)17-11-3-2-8(5-10(7)11)12(13,14)15/h2-5H,1H3. The van der Waals surface area contributed by atoms with Gasteiger partial charge in [0.05, 0.1) is 11.1 Å². The molecular formula is C12H7F3N2. The number of nitrogens with zero attached hydrogens (tertiary/aromatic N) is 2. The SMILES string of the molecule is Cc1cc(C#N)nc2ccc(C(F)(F)F)cc12. The van der Waals surface area contributed by atoms with Gasteiger partial charge >= 0.3 is 6.18 Å². The van der Waals surface area contributed by atoms with E-state index >= 15 is 0 Å². The van der Waals surface area contributed by atoms with Gasteiger partial charge in [-0.05, 0) is 36.8 Å². The first-order chi connectivity index (χ1) is 7.91. The maximum atomic E-state index is 12.5. The third-order valence-corrected chi connectivity index (χ3v) is 2.46. The molecule has 1 heterocycles. The minimum absolute atomic E-state index is 0.203. The van der Waals surface area contributed by atoms with Crippen molar-refractivity contribution in [2.75, 3.05) is 0 Å². The summed E-state index contributed by atoms with van der Waals surface area (Å²) in [6, 6.07) is 6.65. The van der Waals surface area contributed by atoms with Gasteiger partial charge in [0.25, 0.3) is 0 Å². The van der Waals surface area contributed by atoms with Gasteiger partial charge in [-0.1, -0.05) is 0 Å². The molecule has 0 N–H and O–H groups in total. The molecule has 2 aromatic rings. The molecule has 0 unspecified atom stereocenters. The van der Waals surface area contributed by atoms with Crippen molar-refractivity contribution in [1.82, 2.24) is 4.98 Å². The molecule has 2 nitrogen and oxygen atoms in total. The van der Waals surface area contributed by atoms with Crippen LogP contribution in [0.2, 0.25) is 0 Å². The second-order valence-electron chi connectivity index (χ2n) is 3.67. The van der Waals surface area contributed by atoms with E-state index in [0.29, 0.717) is 16.5 Å². The van der Waals surface area contributed by atoms with Crippen LogP contribution in [0.1, 0.15) is 16.8 Å². The van der Waals surface area contributed by atoms with Crippen molar-refractivity contribution in [3.05, 3.63) is 41.1 Å². The van der Waals surface area contributed by atoms with Crippen LogP contribution in [0.3, 0.4) is 0 Å². The normalized spacial score (nSPS) is 11.5. The molecule has 0 saturated heterocycles. The summed E-state index contributed by atoms with van der Waals surface area (Å²) in [7, 11) is 0. The zero-order valence-electron chi connectivity index (χ0n) is 8.84. The van der Waals surface area contributed by atoms with Crippen LogP contribution in [0.25, 0.3) is 10.9 Å². The van der Waals surface area contributed by atoms with Crippen molar-refractivity contribution in [2.24, 2.45) is 0 Å². The molecule has 0 fully saturated rings. The number of pyridine rings is 1. The number of alkyl halides is 3. The summed E-state index contributed by atoms with van der Waals surface area (Å²) < 4.78 is 37.6. The van der Waals surface area contributed by atoms with Gasteiger partial charge in [-0.3, -0.25) is 0 Å². The number of hydrogen-bond donors (Lipinski definition) is 0. The van der Waals surface area contributed by atoms with E-state index in [1.54, 1.807) is 6.92 Å². The fraction of sp³-hybridized carbons (Fsp3) is 0.167. The Kier molecular flexibility index (Phi) is 2.50. The van der Waals surface area contributed by atoms with Crippen LogP contribution < -0.4 is 0 Å². The predicted molar refractivity (Wildman–Crippen MR) is 56.2 cm³/mol. The van der Waals surface area contributed by atoms with Crippen LogP contribution in [-0.4, -0.2) is 4.98 Å². The Hall–Kier alpha value is -2.09. The van der Waals surface area contributed by atoms with Gasteiger partial charge in [0.2, 0.25) is 0 Å². The van der Waals surface area contributed by atoms with E-state index in [1.807, 2.05) is 6.07 Å². The van der Waals surface area contributed by atoms with Gasteiger partial charge in [0.15, 0.2) is 0 Å². The van der Waals surface area contributed by atoms with Crippen molar-refractivity contribution in [3.8, 4) is 6.07 Å². The molecule has 0 bridgehead atoms. The van der Waals surface area contributed by atoms with Gasteiger partial charge < -0.3 is 0 Å². The summed E-state index contributed by atoms with van der Waals surface area (Å²) in [6.45, 7) is 1.66. The molecule has 0 radical (unpaired) electrons. The number of nitriles is 1. The average Bonchev–Trinajstić information content (AvgIpc) is 2.27. The predicted octanol–water partition coefficient (Wildman–Crippen LogP) is 3.43. The van der Waals surface area contributed by atoms with Crippen LogP contribution in [0, 0.1) is 18.3 Å². The number of aryl methyl sites for hydroxylation is 1. The number of aromatic nitrogens is 1. The summed E-state index contributed by atoms with van der Waals surface area (Å²) >= 11 is 0.